The molecule has 0 bridgehead atoms. The fraction of sp³-hybridized carbons (Fsp3) is 1.00. The van der Waals surface area contributed by atoms with Gasteiger partial charge in [-0.15, -0.1) is 0 Å². The maximum atomic E-state index is 11.4. The molecule has 2 saturated heterocycles. The summed E-state index contributed by atoms with van der Waals surface area (Å²) in [6.45, 7) is 1.88. The van der Waals surface area contributed by atoms with E-state index in [1.165, 1.54) is 12.8 Å². The van der Waals surface area contributed by atoms with E-state index in [1.807, 2.05) is 0 Å². The monoisotopic (exact) mass is 233 g/mol. The highest BCUT2D eigenvalue weighted by Crippen LogP contribution is 2.21. The Morgan fingerprint density at radius 3 is 2.07 bits per heavy atom. The van der Waals surface area contributed by atoms with Crippen LogP contribution >= 0.6 is 0 Å². The quantitative estimate of drug-likeness (QED) is 0.694. The van der Waals surface area contributed by atoms with Crippen LogP contribution in [0.1, 0.15) is 25.7 Å². The molecular formula is C10H19NO3S. The van der Waals surface area contributed by atoms with Crippen molar-refractivity contribution in [2.24, 2.45) is 0 Å². The zero-order chi connectivity index (χ0) is 10.9. The third-order valence-corrected chi connectivity index (χ3v) is 5.10. The summed E-state index contributed by atoms with van der Waals surface area (Å²) in [6, 6.07) is -0.145. The van der Waals surface area contributed by atoms with Gasteiger partial charge < -0.3 is 5.11 Å². The van der Waals surface area contributed by atoms with Crippen molar-refractivity contribution in [1.82, 2.24) is 4.90 Å². The Morgan fingerprint density at radius 2 is 1.60 bits per heavy atom. The largest absolute Gasteiger partial charge is 0.390 e. The first-order valence-electron chi connectivity index (χ1n) is 5.71. The predicted molar refractivity (Wildman–Crippen MR) is 58.5 cm³/mol. The summed E-state index contributed by atoms with van der Waals surface area (Å²) >= 11 is 0. The molecule has 2 unspecified atom stereocenters. The van der Waals surface area contributed by atoms with Crippen molar-refractivity contribution in [1.29, 1.82) is 0 Å². The number of sulfone groups is 1. The van der Waals surface area contributed by atoms with Gasteiger partial charge in [0.15, 0.2) is 9.84 Å². The summed E-state index contributed by atoms with van der Waals surface area (Å²) in [6.07, 6.45) is 4.04. The minimum Gasteiger partial charge on any atom is -0.390 e. The second kappa shape index (κ2) is 4.39. The number of nitrogens with zero attached hydrogens (tertiary/aromatic N) is 1. The molecular weight excluding hydrogens is 214 g/mol. The Kier molecular flexibility index (Phi) is 3.33. The molecule has 0 radical (unpaired) electrons. The molecule has 2 aliphatic heterocycles. The maximum absolute atomic E-state index is 11.4. The van der Waals surface area contributed by atoms with E-state index in [0.717, 1.165) is 25.9 Å². The van der Waals surface area contributed by atoms with Crippen molar-refractivity contribution in [2.45, 2.75) is 37.8 Å². The van der Waals surface area contributed by atoms with E-state index in [1.54, 1.807) is 0 Å². The highest BCUT2D eigenvalue weighted by Gasteiger charge is 2.39. The number of likely N-dealkylation sites (tertiary alicyclic amines) is 1. The number of aliphatic hydroxyl groups is 1. The third-order valence-electron chi connectivity index (χ3n) is 3.40. The Bertz CT molecular complexity index is 307. The van der Waals surface area contributed by atoms with Crippen LogP contribution in [0.3, 0.4) is 0 Å². The zero-order valence-corrected chi connectivity index (χ0v) is 9.75. The van der Waals surface area contributed by atoms with Crippen LogP contribution in [0.25, 0.3) is 0 Å². The van der Waals surface area contributed by atoms with Crippen molar-refractivity contribution in [3.8, 4) is 0 Å². The van der Waals surface area contributed by atoms with Crippen LogP contribution in [0.5, 0.6) is 0 Å². The maximum Gasteiger partial charge on any atom is 0.154 e. The summed E-state index contributed by atoms with van der Waals surface area (Å²) < 4.78 is 22.8. The van der Waals surface area contributed by atoms with Crippen LogP contribution in [0.15, 0.2) is 0 Å². The van der Waals surface area contributed by atoms with Gasteiger partial charge in [-0.25, -0.2) is 8.42 Å². The number of rotatable bonds is 1. The first kappa shape index (κ1) is 11.4. The molecule has 15 heavy (non-hydrogen) atoms. The normalized spacial score (nSPS) is 37.7. The molecule has 4 nitrogen and oxygen atoms in total. The molecule has 2 fully saturated rings. The third kappa shape index (κ3) is 2.71. The average molecular weight is 233 g/mol. The summed E-state index contributed by atoms with van der Waals surface area (Å²) in [5.74, 6) is 0.0995. The molecule has 0 spiro atoms. The molecule has 2 aliphatic rings. The van der Waals surface area contributed by atoms with Gasteiger partial charge in [-0.05, 0) is 25.9 Å². The van der Waals surface area contributed by atoms with Crippen molar-refractivity contribution in [3.05, 3.63) is 0 Å². The fourth-order valence-corrected chi connectivity index (χ4v) is 4.42. The minimum atomic E-state index is -3.00. The van der Waals surface area contributed by atoms with Gasteiger partial charge in [-0.2, -0.15) is 0 Å². The SMILES string of the molecule is O=S1(=O)CC(O)C(N2CCCCCC2)C1. The molecule has 0 aliphatic carbocycles. The van der Waals surface area contributed by atoms with Gasteiger partial charge in [0, 0.05) is 0 Å². The Hall–Kier alpha value is -0.130. The Balaban J connectivity index is 2.03. The Morgan fingerprint density at radius 1 is 1.00 bits per heavy atom. The summed E-state index contributed by atoms with van der Waals surface area (Å²) in [5, 5.41) is 9.75. The van der Waals surface area contributed by atoms with Crippen LogP contribution in [0.4, 0.5) is 0 Å². The molecule has 2 atom stereocenters. The summed E-state index contributed by atoms with van der Waals surface area (Å²) in [5.41, 5.74) is 0. The molecule has 2 rings (SSSR count). The smallest absolute Gasteiger partial charge is 0.154 e. The molecule has 0 aromatic rings. The second-order valence-electron chi connectivity index (χ2n) is 4.66. The highest BCUT2D eigenvalue weighted by atomic mass is 32.2. The van der Waals surface area contributed by atoms with E-state index in [4.69, 9.17) is 0 Å². The highest BCUT2D eigenvalue weighted by molar-refractivity contribution is 7.91. The summed E-state index contributed by atoms with van der Waals surface area (Å²) in [7, 11) is -3.00. The second-order valence-corrected chi connectivity index (χ2v) is 6.82. The summed E-state index contributed by atoms with van der Waals surface area (Å²) in [4.78, 5) is 2.17. The van der Waals surface area contributed by atoms with Gasteiger partial charge in [0.1, 0.15) is 0 Å². The van der Waals surface area contributed by atoms with E-state index in [2.05, 4.69) is 4.90 Å². The van der Waals surface area contributed by atoms with Gasteiger partial charge in [0.2, 0.25) is 0 Å². The molecule has 5 heteroatoms. The lowest BCUT2D eigenvalue weighted by Gasteiger charge is -2.28. The molecule has 0 aromatic heterocycles. The number of hydrogen-bond donors (Lipinski definition) is 1. The molecule has 0 amide bonds. The van der Waals surface area contributed by atoms with E-state index < -0.39 is 15.9 Å². The minimum absolute atomic E-state index is 0.0475. The van der Waals surface area contributed by atoms with E-state index in [9.17, 15) is 13.5 Å². The first-order valence-corrected chi connectivity index (χ1v) is 7.53. The van der Waals surface area contributed by atoms with Crippen molar-refractivity contribution < 1.29 is 13.5 Å². The van der Waals surface area contributed by atoms with E-state index in [-0.39, 0.29) is 17.5 Å². The van der Waals surface area contributed by atoms with Crippen molar-refractivity contribution in [3.63, 3.8) is 0 Å². The molecule has 2 heterocycles. The van der Waals surface area contributed by atoms with Gasteiger partial charge in [0.25, 0.3) is 0 Å². The van der Waals surface area contributed by atoms with E-state index >= 15 is 0 Å². The lowest BCUT2D eigenvalue weighted by molar-refractivity contribution is 0.0854. The van der Waals surface area contributed by atoms with E-state index in [0.29, 0.717) is 0 Å². The van der Waals surface area contributed by atoms with Crippen LogP contribution in [0, 0.1) is 0 Å². The molecule has 1 N–H and O–H groups in total. The molecule has 0 saturated carbocycles. The first-order chi connectivity index (χ1) is 7.08. The van der Waals surface area contributed by atoms with Crippen LogP contribution in [-0.2, 0) is 9.84 Å². The zero-order valence-electron chi connectivity index (χ0n) is 8.93. The van der Waals surface area contributed by atoms with Gasteiger partial charge >= 0.3 is 0 Å². The average Bonchev–Trinajstić information content (AvgIpc) is 2.41. The van der Waals surface area contributed by atoms with Crippen LogP contribution < -0.4 is 0 Å². The standard InChI is InChI=1S/C10H19NO3S/c12-10-8-15(13,14)7-9(10)11-5-3-1-2-4-6-11/h9-10,12H,1-8H2. The van der Waals surface area contributed by atoms with Crippen molar-refractivity contribution in [2.75, 3.05) is 24.6 Å². The molecule has 0 aromatic carbocycles. The Labute approximate surface area is 91.2 Å². The number of hydrogen-bond acceptors (Lipinski definition) is 4. The lowest BCUT2D eigenvalue weighted by Crippen LogP contribution is -2.43. The molecule has 88 valence electrons. The van der Waals surface area contributed by atoms with Crippen LogP contribution in [0.2, 0.25) is 0 Å². The van der Waals surface area contributed by atoms with Crippen LogP contribution in [-0.4, -0.2) is 55.2 Å². The topological polar surface area (TPSA) is 57.6 Å². The lowest BCUT2D eigenvalue weighted by atomic mass is 10.2. The van der Waals surface area contributed by atoms with Gasteiger partial charge in [-0.3, -0.25) is 4.90 Å². The predicted octanol–water partition coefficient (Wildman–Crippen LogP) is 0.0203. The van der Waals surface area contributed by atoms with Crippen molar-refractivity contribution >= 4 is 9.84 Å². The van der Waals surface area contributed by atoms with Gasteiger partial charge in [0.05, 0.1) is 23.7 Å². The fourth-order valence-electron chi connectivity index (χ4n) is 2.59. The van der Waals surface area contributed by atoms with Gasteiger partial charge in [-0.1, -0.05) is 12.8 Å². The number of aliphatic hydroxyl groups excluding tert-OH is 1.